The first-order valence-corrected chi connectivity index (χ1v) is 5.26. The molecule has 1 nitrogen and oxygen atoms in total. The largest absolute Gasteiger partial charge is 1.00 e. The summed E-state index contributed by atoms with van der Waals surface area (Å²) < 4.78 is 3.86. The van der Waals surface area contributed by atoms with E-state index in [1.54, 1.807) is 0 Å². The molecule has 0 aliphatic rings. The number of halogens is 1. The van der Waals surface area contributed by atoms with Crippen LogP contribution in [0.15, 0.2) is 24.3 Å². The molecular formula is C9H10INSe. The van der Waals surface area contributed by atoms with E-state index in [4.69, 9.17) is 0 Å². The Morgan fingerprint density at radius 1 is 1.25 bits per heavy atom. The quantitative estimate of drug-likeness (QED) is 0.388. The number of aryl methyl sites for hydroxylation is 2. The normalized spacial score (nSPS) is 9.83. The summed E-state index contributed by atoms with van der Waals surface area (Å²) in [5.41, 5.74) is 1.42. The fourth-order valence-electron chi connectivity index (χ4n) is 1.23. The van der Waals surface area contributed by atoms with Gasteiger partial charge in [-0.3, -0.25) is 0 Å². The minimum absolute atomic E-state index is 0. The summed E-state index contributed by atoms with van der Waals surface area (Å²) in [6, 6.07) is 8.66. The van der Waals surface area contributed by atoms with Gasteiger partial charge < -0.3 is 24.0 Å². The third kappa shape index (κ3) is 1.58. The van der Waals surface area contributed by atoms with Crippen LogP contribution in [0.3, 0.4) is 0 Å². The molecule has 0 unspecified atom stereocenters. The van der Waals surface area contributed by atoms with E-state index in [0.717, 1.165) is 0 Å². The van der Waals surface area contributed by atoms with Gasteiger partial charge in [0.15, 0.2) is 0 Å². The van der Waals surface area contributed by atoms with Crippen molar-refractivity contribution in [3.05, 3.63) is 30.0 Å². The van der Waals surface area contributed by atoms with Crippen molar-refractivity contribution >= 4 is 24.4 Å². The van der Waals surface area contributed by atoms with Crippen LogP contribution in [-0.4, -0.2) is 14.7 Å². The van der Waals surface area contributed by atoms with E-state index in [-0.39, 0.29) is 24.0 Å². The molecule has 2 rings (SSSR count). The van der Waals surface area contributed by atoms with Crippen molar-refractivity contribution in [2.24, 2.45) is 7.05 Å². The van der Waals surface area contributed by atoms with Gasteiger partial charge in [0.2, 0.25) is 0 Å². The van der Waals surface area contributed by atoms with Gasteiger partial charge in [-0.05, 0) is 0 Å². The second-order valence-electron chi connectivity index (χ2n) is 2.67. The van der Waals surface area contributed by atoms with Gasteiger partial charge in [-0.2, -0.15) is 0 Å². The summed E-state index contributed by atoms with van der Waals surface area (Å²) in [7, 11) is 2.16. The Labute approximate surface area is 95.4 Å². The molecule has 0 saturated carbocycles. The molecule has 1 aromatic carbocycles. The van der Waals surface area contributed by atoms with E-state index in [1.165, 1.54) is 15.3 Å². The summed E-state index contributed by atoms with van der Waals surface area (Å²) >= 11 is 0.528. The standard InChI is InChI=1S/C9H10NSe.HI/c1-7-8-5-3-4-6-9(8)11-10(7)2;/h3-6H,1-2H3;1H/q+1;/p-1. The Morgan fingerprint density at radius 3 is 2.58 bits per heavy atom. The first-order chi connectivity index (χ1) is 5.29. The van der Waals surface area contributed by atoms with Crippen LogP contribution < -0.4 is 27.5 Å². The van der Waals surface area contributed by atoms with Gasteiger partial charge in [0.05, 0.1) is 0 Å². The fourth-order valence-corrected chi connectivity index (χ4v) is 3.29. The van der Waals surface area contributed by atoms with Crippen LogP contribution in [0.25, 0.3) is 9.65 Å². The zero-order valence-corrected chi connectivity index (χ0v) is 10.9. The number of hydrogen-bond acceptors (Lipinski definition) is 0. The van der Waals surface area contributed by atoms with Crippen LogP contribution in [0.1, 0.15) is 5.69 Å². The Kier molecular flexibility index (Phi) is 3.32. The molecule has 2 aromatic rings. The molecule has 1 heterocycles. The van der Waals surface area contributed by atoms with Crippen LogP contribution in [0.4, 0.5) is 0 Å². The van der Waals surface area contributed by atoms with E-state index < -0.39 is 0 Å². The van der Waals surface area contributed by atoms with E-state index in [1.807, 2.05) is 0 Å². The minimum Gasteiger partial charge on any atom is -1.00 e. The maximum atomic E-state index is 2.34. The molecule has 0 bridgehead atoms. The monoisotopic (exact) mass is 339 g/mol. The van der Waals surface area contributed by atoms with Gasteiger partial charge in [0.1, 0.15) is 0 Å². The molecule has 3 heteroatoms. The van der Waals surface area contributed by atoms with Gasteiger partial charge in [0, 0.05) is 0 Å². The average Bonchev–Trinajstić information content (AvgIpc) is 2.30. The Morgan fingerprint density at radius 2 is 1.92 bits per heavy atom. The Hall–Kier alpha value is 0.139. The topological polar surface area (TPSA) is 3.88 Å². The van der Waals surface area contributed by atoms with Crippen molar-refractivity contribution < 1.29 is 27.5 Å². The van der Waals surface area contributed by atoms with Gasteiger partial charge >= 0.3 is 71.9 Å². The van der Waals surface area contributed by atoms with Crippen LogP contribution in [0.2, 0.25) is 0 Å². The van der Waals surface area contributed by atoms with Gasteiger partial charge in [-0.25, -0.2) is 0 Å². The number of hydrogen-bond donors (Lipinski definition) is 0. The zero-order chi connectivity index (χ0) is 7.84. The maximum Gasteiger partial charge on any atom is -1.00 e. The predicted molar refractivity (Wildman–Crippen MR) is 46.8 cm³/mol. The molecule has 0 aliphatic carbocycles. The van der Waals surface area contributed by atoms with Gasteiger partial charge in [-0.15, -0.1) is 0 Å². The van der Waals surface area contributed by atoms with Crippen molar-refractivity contribution in [3.8, 4) is 0 Å². The molecule has 0 atom stereocenters. The Bertz CT molecular complexity index is 394. The number of nitrogens with zero attached hydrogens (tertiary/aromatic N) is 1. The van der Waals surface area contributed by atoms with Crippen molar-refractivity contribution in [1.82, 2.24) is 0 Å². The summed E-state index contributed by atoms with van der Waals surface area (Å²) in [6.07, 6.45) is 0. The molecule has 0 radical (unpaired) electrons. The molecular weight excluding hydrogens is 328 g/mol. The molecule has 0 fully saturated rings. The van der Waals surface area contributed by atoms with E-state index in [0.29, 0.717) is 14.7 Å². The van der Waals surface area contributed by atoms with Crippen molar-refractivity contribution in [1.29, 1.82) is 0 Å². The van der Waals surface area contributed by atoms with Crippen molar-refractivity contribution in [2.45, 2.75) is 6.92 Å². The summed E-state index contributed by atoms with van der Waals surface area (Å²) in [5.74, 6) is 0. The second-order valence-corrected chi connectivity index (χ2v) is 5.13. The van der Waals surface area contributed by atoms with Gasteiger partial charge in [0.25, 0.3) is 0 Å². The third-order valence-electron chi connectivity index (χ3n) is 1.98. The summed E-state index contributed by atoms with van der Waals surface area (Å²) in [5, 5.41) is 1.44. The number of fused-ring (bicyclic) bond motifs is 1. The zero-order valence-electron chi connectivity index (χ0n) is 7.04. The van der Waals surface area contributed by atoms with Crippen LogP contribution in [0, 0.1) is 6.92 Å². The van der Waals surface area contributed by atoms with Crippen LogP contribution in [-0.2, 0) is 7.05 Å². The van der Waals surface area contributed by atoms with Crippen LogP contribution >= 0.6 is 0 Å². The summed E-state index contributed by atoms with van der Waals surface area (Å²) in [4.78, 5) is 0. The fraction of sp³-hybridized carbons (Fsp3) is 0.222. The first kappa shape index (κ1) is 10.2. The van der Waals surface area contributed by atoms with E-state index in [9.17, 15) is 0 Å². The van der Waals surface area contributed by atoms with E-state index in [2.05, 4.69) is 41.8 Å². The Balaban J connectivity index is 0.000000720. The molecule has 0 amide bonds. The molecule has 64 valence electrons. The maximum absolute atomic E-state index is 2.34. The minimum atomic E-state index is 0. The van der Waals surface area contributed by atoms with E-state index >= 15 is 0 Å². The molecule has 0 aliphatic heterocycles. The smallest absolute Gasteiger partial charge is 1.00 e. The summed E-state index contributed by atoms with van der Waals surface area (Å²) in [6.45, 7) is 2.19. The third-order valence-corrected chi connectivity index (χ3v) is 4.29. The van der Waals surface area contributed by atoms with Gasteiger partial charge in [-0.1, -0.05) is 0 Å². The predicted octanol–water partition coefficient (Wildman–Crippen LogP) is -1.97. The molecule has 0 N–H and O–H groups in total. The van der Waals surface area contributed by atoms with Crippen molar-refractivity contribution in [3.63, 3.8) is 0 Å². The first-order valence-electron chi connectivity index (χ1n) is 3.63. The molecule has 0 saturated heterocycles. The molecule has 0 spiro atoms. The van der Waals surface area contributed by atoms with Crippen LogP contribution in [0.5, 0.6) is 0 Å². The number of rotatable bonds is 0. The number of aromatic nitrogens is 1. The SMILES string of the molecule is Cc1c2ccccc2[se][n+]1C.[I-]. The van der Waals surface area contributed by atoms with Crippen molar-refractivity contribution in [2.75, 3.05) is 0 Å². The number of benzene rings is 1. The molecule has 12 heavy (non-hydrogen) atoms. The molecule has 1 aromatic heterocycles. The average molecular weight is 338 g/mol. The second kappa shape index (κ2) is 3.90.